The highest BCUT2D eigenvalue weighted by molar-refractivity contribution is 5.84. The first-order chi connectivity index (χ1) is 12.5. The minimum atomic E-state index is -0.469. The first kappa shape index (κ1) is 17.1. The topological polar surface area (TPSA) is 106 Å². The van der Waals surface area contributed by atoms with Crippen LogP contribution in [0.15, 0.2) is 54.6 Å². The SMILES string of the molecule is CCc1ccc(-c2cc(-c3ccccc3[N+](=O)[O-])c(C#N)c(N)n2)cc1. The van der Waals surface area contributed by atoms with Gasteiger partial charge in [0.25, 0.3) is 5.69 Å². The Labute approximate surface area is 150 Å². The minimum absolute atomic E-state index is 0.0534. The Balaban J connectivity index is 2.24. The normalized spacial score (nSPS) is 10.3. The molecule has 0 saturated carbocycles. The predicted octanol–water partition coefficient (Wildman–Crippen LogP) is 4.34. The van der Waals surface area contributed by atoms with Gasteiger partial charge in [-0.2, -0.15) is 5.26 Å². The number of rotatable bonds is 4. The van der Waals surface area contributed by atoms with E-state index >= 15 is 0 Å². The van der Waals surface area contributed by atoms with Crippen LogP contribution in [-0.4, -0.2) is 9.91 Å². The third kappa shape index (κ3) is 3.10. The summed E-state index contributed by atoms with van der Waals surface area (Å²) in [5.74, 6) is 0.0534. The first-order valence-corrected chi connectivity index (χ1v) is 8.08. The molecule has 0 unspecified atom stereocenters. The van der Waals surface area contributed by atoms with E-state index in [-0.39, 0.29) is 17.1 Å². The fraction of sp³-hybridized carbons (Fsp3) is 0.100. The number of pyridine rings is 1. The van der Waals surface area contributed by atoms with Gasteiger partial charge in [0.1, 0.15) is 17.5 Å². The van der Waals surface area contributed by atoms with E-state index in [1.54, 1.807) is 24.3 Å². The second kappa shape index (κ2) is 7.03. The zero-order chi connectivity index (χ0) is 18.7. The summed E-state index contributed by atoms with van der Waals surface area (Å²) in [5, 5.41) is 20.9. The molecule has 0 aliphatic carbocycles. The third-order valence-corrected chi connectivity index (χ3v) is 4.21. The molecule has 6 nitrogen and oxygen atoms in total. The van der Waals surface area contributed by atoms with Gasteiger partial charge < -0.3 is 5.73 Å². The Bertz CT molecular complexity index is 1020. The standard InChI is InChI=1S/C20H16N4O2/c1-2-13-7-9-14(10-8-13)18-11-16(17(12-21)20(22)23-18)15-5-3-4-6-19(15)24(25)26/h3-11H,2H2,1H3,(H2,22,23). The van der Waals surface area contributed by atoms with Gasteiger partial charge in [0.15, 0.2) is 0 Å². The molecule has 2 N–H and O–H groups in total. The van der Waals surface area contributed by atoms with E-state index in [1.165, 1.54) is 11.6 Å². The van der Waals surface area contributed by atoms with E-state index in [0.29, 0.717) is 16.8 Å². The van der Waals surface area contributed by atoms with Gasteiger partial charge in [0, 0.05) is 17.2 Å². The molecule has 0 aliphatic heterocycles. The summed E-state index contributed by atoms with van der Waals surface area (Å²) < 4.78 is 0. The Morgan fingerprint density at radius 3 is 2.46 bits per heavy atom. The van der Waals surface area contributed by atoms with Crippen molar-refractivity contribution in [2.45, 2.75) is 13.3 Å². The number of nitrogens with zero attached hydrogens (tertiary/aromatic N) is 3. The number of aromatic nitrogens is 1. The summed E-state index contributed by atoms with van der Waals surface area (Å²) >= 11 is 0. The lowest BCUT2D eigenvalue weighted by Crippen LogP contribution is -2.01. The van der Waals surface area contributed by atoms with Crippen LogP contribution in [0.25, 0.3) is 22.4 Å². The zero-order valence-electron chi connectivity index (χ0n) is 14.1. The first-order valence-electron chi connectivity index (χ1n) is 8.08. The van der Waals surface area contributed by atoms with Gasteiger partial charge in [-0.05, 0) is 24.1 Å². The van der Waals surface area contributed by atoms with Gasteiger partial charge in [-0.1, -0.05) is 43.3 Å². The Hall–Kier alpha value is -3.72. The number of benzene rings is 2. The molecule has 0 radical (unpaired) electrons. The van der Waals surface area contributed by atoms with Crippen molar-refractivity contribution in [1.82, 2.24) is 4.98 Å². The van der Waals surface area contributed by atoms with Crippen LogP contribution in [0.5, 0.6) is 0 Å². The molecular formula is C20H16N4O2. The quantitative estimate of drug-likeness (QED) is 0.560. The van der Waals surface area contributed by atoms with Crippen LogP contribution in [0.4, 0.5) is 11.5 Å². The number of nitriles is 1. The number of anilines is 1. The van der Waals surface area contributed by atoms with E-state index in [0.717, 1.165) is 12.0 Å². The lowest BCUT2D eigenvalue weighted by molar-refractivity contribution is -0.384. The van der Waals surface area contributed by atoms with Crippen molar-refractivity contribution in [2.75, 3.05) is 5.73 Å². The highest BCUT2D eigenvalue weighted by Crippen LogP contribution is 2.36. The van der Waals surface area contributed by atoms with Crippen LogP contribution in [0.2, 0.25) is 0 Å². The second-order valence-electron chi connectivity index (χ2n) is 5.75. The van der Waals surface area contributed by atoms with Crippen LogP contribution < -0.4 is 5.73 Å². The van der Waals surface area contributed by atoms with Crippen LogP contribution in [0, 0.1) is 21.4 Å². The fourth-order valence-corrected chi connectivity index (χ4v) is 2.81. The van der Waals surface area contributed by atoms with Gasteiger partial charge in [0.2, 0.25) is 0 Å². The Morgan fingerprint density at radius 1 is 1.15 bits per heavy atom. The molecule has 3 aromatic rings. The van der Waals surface area contributed by atoms with E-state index in [2.05, 4.69) is 11.9 Å². The third-order valence-electron chi connectivity index (χ3n) is 4.21. The van der Waals surface area contributed by atoms with E-state index in [1.807, 2.05) is 30.3 Å². The maximum absolute atomic E-state index is 11.4. The van der Waals surface area contributed by atoms with Crippen molar-refractivity contribution >= 4 is 11.5 Å². The molecule has 0 bridgehead atoms. The predicted molar refractivity (Wildman–Crippen MR) is 100 cm³/mol. The molecule has 6 heteroatoms. The van der Waals surface area contributed by atoms with Gasteiger partial charge >= 0.3 is 0 Å². The average Bonchev–Trinajstić information content (AvgIpc) is 2.67. The molecule has 0 amide bonds. The van der Waals surface area contributed by atoms with Crippen molar-refractivity contribution in [3.63, 3.8) is 0 Å². The Morgan fingerprint density at radius 2 is 1.85 bits per heavy atom. The molecule has 0 aliphatic rings. The molecule has 1 heterocycles. The number of nitro groups is 1. The van der Waals surface area contributed by atoms with Crippen molar-refractivity contribution in [1.29, 1.82) is 5.26 Å². The molecule has 26 heavy (non-hydrogen) atoms. The van der Waals surface area contributed by atoms with Crippen LogP contribution >= 0.6 is 0 Å². The minimum Gasteiger partial charge on any atom is -0.383 e. The average molecular weight is 344 g/mol. The molecule has 0 atom stereocenters. The summed E-state index contributed by atoms with van der Waals surface area (Å²) in [6, 6.07) is 17.8. The van der Waals surface area contributed by atoms with Crippen LogP contribution in [0.3, 0.4) is 0 Å². The smallest absolute Gasteiger partial charge is 0.277 e. The van der Waals surface area contributed by atoms with Gasteiger partial charge in [-0.25, -0.2) is 4.98 Å². The molecule has 2 aromatic carbocycles. The molecule has 0 saturated heterocycles. The highest BCUT2D eigenvalue weighted by atomic mass is 16.6. The zero-order valence-corrected chi connectivity index (χ0v) is 14.1. The lowest BCUT2D eigenvalue weighted by Gasteiger charge is -2.11. The largest absolute Gasteiger partial charge is 0.383 e. The van der Waals surface area contributed by atoms with E-state index in [9.17, 15) is 15.4 Å². The number of nitro benzene ring substituents is 1. The summed E-state index contributed by atoms with van der Waals surface area (Å²) in [5.41, 5.74) is 9.37. The van der Waals surface area contributed by atoms with Crippen LogP contribution in [0.1, 0.15) is 18.1 Å². The Kier molecular flexibility index (Phi) is 4.63. The molecular weight excluding hydrogens is 328 g/mol. The van der Waals surface area contributed by atoms with Gasteiger partial charge in [-0.3, -0.25) is 10.1 Å². The summed E-state index contributed by atoms with van der Waals surface area (Å²) in [7, 11) is 0. The highest BCUT2D eigenvalue weighted by Gasteiger charge is 2.20. The van der Waals surface area contributed by atoms with Crippen molar-refractivity contribution in [3.8, 4) is 28.5 Å². The summed E-state index contributed by atoms with van der Waals surface area (Å²) in [6.45, 7) is 2.07. The second-order valence-corrected chi connectivity index (χ2v) is 5.75. The van der Waals surface area contributed by atoms with Gasteiger partial charge in [0.05, 0.1) is 16.2 Å². The van der Waals surface area contributed by atoms with Gasteiger partial charge in [-0.15, -0.1) is 0 Å². The molecule has 0 fully saturated rings. The number of hydrogen-bond donors (Lipinski definition) is 1. The monoisotopic (exact) mass is 344 g/mol. The summed E-state index contributed by atoms with van der Waals surface area (Å²) in [6.07, 6.45) is 0.921. The van der Waals surface area contributed by atoms with E-state index < -0.39 is 4.92 Å². The van der Waals surface area contributed by atoms with Crippen LogP contribution in [-0.2, 0) is 6.42 Å². The van der Waals surface area contributed by atoms with Crippen molar-refractivity contribution in [3.05, 3.63) is 75.8 Å². The molecule has 3 rings (SSSR count). The molecule has 1 aromatic heterocycles. The fourth-order valence-electron chi connectivity index (χ4n) is 2.81. The lowest BCUT2D eigenvalue weighted by atomic mass is 9.97. The van der Waals surface area contributed by atoms with Crippen molar-refractivity contribution in [2.24, 2.45) is 0 Å². The van der Waals surface area contributed by atoms with E-state index in [4.69, 9.17) is 5.73 Å². The molecule has 0 spiro atoms. The summed E-state index contributed by atoms with van der Waals surface area (Å²) in [4.78, 5) is 15.2. The maximum atomic E-state index is 11.4. The molecule has 128 valence electrons. The number of para-hydroxylation sites is 1. The number of aryl methyl sites for hydroxylation is 1. The number of hydrogen-bond acceptors (Lipinski definition) is 5. The number of nitrogen functional groups attached to an aromatic ring is 1. The number of nitrogens with two attached hydrogens (primary N) is 1. The maximum Gasteiger partial charge on any atom is 0.277 e. The van der Waals surface area contributed by atoms with Crippen molar-refractivity contribution < 1.29 is 4.92 Å².